The van der Waals surface area contributed by atoms with Crippen LogP contribution in [0, 0.1) is 11.8 Å². The summed E-state index contributed by atoms with van der Waals surface area (Å²) in [7, 11) is 0. The lowest BCUT2D eigenvalue weighted by Gasteiger charge is -2.47. The molecular weight excluding hydrogens is 628 g/mol. The van der Waals surface area contributed by atoms with Crippen LogP contribution in [0.5, 0.6) is 0 Å². The van der Waals surface area contributed by atoms with Gasteiger partial charge >= 0.3 is 0 Å². The fourth-order valence-corrected chi connectivity index (χ4v) is 7.81. The van der Waals surface area contributed by atoms with Crippen LogP contribution in [0.2, 0.25) is 0 Å². The number of para-hydroxylation sites is 1. The first kappa shape index (κ1) is 35.4. The third-order valence-corrected chi connectivity index (χ3v) is 10.3. The number of hydrogen-bond donors (Lipinski definition) is 5. The van der Waals surface area contributed by atoms with Crippen molar-refractivity contribution in [1.29, 1.82) is 0 Å². The lowest BCUT2D eigenvalue weighted by molar-refractivity contribution is -0.133. The molecule has 0 spiro atoms. The summed E-state index contributed by atoms with van der Waals surface area (Å²) < 4.78 is 0. The van der Waals surface area contributed by atoms with Gasteiger partial charge in [-0.15, -0.1) is 11.3 Å². The number of aromatic nitrogens is 1. The van der Waals surface area contributed by atoms with Gasteiger partial charge in [-0.1, -0.05) is 49.6 Å². The Labute approximate surface area is 286 Å². The molecule has 1 aromatic carbocycles. The minimum Gasteiger partial charge on any atom is -0.390 e. The molecular formula is C36H48N6O5S. The highest BCUT2D eigenvalue weighted by molar-refractivity contribution is 7.09. The molecule has 6 atom stereocenters. The normalized spacial score (nSPS) is 21.8. The number of pyridine rings is 1. The monoisotopic (exact) mass is 676 g/mol. The summed E-state index contributed by atoms with van der Waals surface area (Å²) in [5.41, 5.74) is 5.82. The first-order valence-electron chi connectivity index (χ1n) is 16.9. The third-order valence-electron chi connectivity index (χ3n) is 9.38. The van der Waals surface area contributed by atoms with Gasteiger partial charge in [0.05, 0.1) is 30.1 Å². The quantitative estimate of drug-likeness (QED) is 0.197. The second-order valence-electron chi connectivity index (χ2n) is 14.3. The zero-order valence-electron chi connectivity index (χ0n) is 28.0. The fourth-order valence-electron chi connectivity index (χ4n) is 7.04. The number of thiophene rings is 1. The predicted molar refractivity (Wildman–Crippen MR) is 186 cm³/mol. The summed E-state index contributed by atoms with van der Waals surface area (Å²) in [5, 5.41) is 23.3. The molecule has 0 bridgehead atoms. The number of likely N-dealkylation sites (tertiary alicyclic amines) is 1. The van der Waals surface area contributed by atoms with Gasteiger partial charge in [-0.2, -0.15) is 0 Å². The number of amides is 4. The van der Waals surface area contributed by atoms with E-state index in [1.165, 1.54) is 17.8 Å². The Hall–Kier alpha value is -3.87. The standard InChI is InChI=1S/C36H48N6O5S/c1-36(2,3)41-35(47)30-17-23-10-4-5-11-24(23)20-42(30)21-31(43)28(18-25-12-8-16-48-25)39-34(46)29(19-32(37)44)40-33(45)27-15-14-22-9-6-7-13-26(22)38-27/h6-9,12-16,23-24,28-31,43H,4-5,10-11,17-21H2,1-3H3,(H2,37,44)(H,39,46)(H,40,45)(H,41,47)/t23-,24+,28-,29+,30-,31+/m0/s1. The first-order valence-corrected chi connectivity index (χ1v) is 17.8. The van der Waals surface area contributed by atoms with Gasteiger partial charge in [0.2, 0.25) is 17.7 Å². The lowest BCUT2D eigenvalue weighted by Crippen LogP contribution is -2.61. The van der Waals surface area contributed by atoms with Crippen molar-refractivity contribution >= 4 is 45.9 Å². The van der Waals surface area contributed by atoms with E-state index in [0.29, 0.717) is 30.3 Å². The molecule has 4 amide bonds. The van der Waals surface area contributed by atoms with E-state index in [-0.39, 0.29) is 18.1 Å². The smallest absolute Gasteiger partial charge is 0.270 e. The molecule has 2 aliphatic rings. The first-order chi connectivity index (χ1) is 22.9. The highest BCUT2D eigenvalue weighted by atomic mass is 32.1. The van der Waals surface area contributed by atoms with Crippen LogP contribution in [0.25, 0.3) is 10.9 Å². The second kappa shape index (κ2) is 15.6. The number of fused-ring (bicyclic) bond motifs is 2. The van der Waals surface area contributed by atoms with Gasteiger partial charge in [0.15, 0.2) is 0 Å². The molecule has 0 unspecified atom stereocenters. The van der Waals surface area contributed by atoms with Gasteiger partial charge < -0.3 is 26.8 Å². The van der Waals surface area contributed by atoms with E-state index >= 15 is 0 Å². The van der Waals surface area contributed by atoms with Crippen LogP contribution >= 0.6 is 11.3 Å². The van der Waals surface area contributed by atoms with Crippen LogP contribution in [0.4, 0.5) is 0 Å². The molecule has 0 radical (unpaired) electrons. The zero-order valence-corrected chi connectivity index (χ0v) is 28.8. The average molecular weight is 677 g/mol. The number of carbonyl (C=O) groups excluding carboxylic acids is 4. The summed E-state index contributed by atoms with van der Waals surface area (Å²) >= 11 is 1.50. The highest BCUT2D eigenvalue weighted by Gasteiger charge is 2.42. The molecule has 3 aromatic rings. The Bertz CT molecular complexity index is 1590. The molecule has 2 fully saturated rings. The highest BCUT2D eigenvalue weighted by Crippen LogP contribution is 2.39. The molecule has 2 aromatic heterocycles. The molecule has 258 valence electrons. The SMILES string of the molecule is CC(C)(C)NC(=O)[C@@H]1C[C@@H]2CCCC[C@@H]2CN1C[C@@H](O)[C@H](Cc1cccs1)NC(=O)[C@@H](CC(N)=O)NC(=O)c1ccc2ccccc2n1. The summed E-state index contributed by atoms with van der Waals surface area (Å²) in [6.07, 6.45) is 4.12. The average Bonchev–Trinajstić information content (AvgIpc) is 3.55. The van der Waals surface area contributed by atoms with Gasteiger partial charge in [-0.05, 0) is 69.0 Å². The number of benzene rings is 1. The van der Waals surface area contributed by atoms with Crippen molar-refractivity contribution in [1.82, 2.24) is 25.8 Å². The zero-order chi connectivity index (χ0) is 34.4. The predicted octanol–water partition coefficient (Wildman–Crippen LogP) is 3.15. The van der Waals surface area contributed by atoms with Crippen molar-refractivity contribution in [3.05, 3.63) is 64.5 Å². The summed E-state index contributed by atoms with van der Waals surface area (Å²) in [5.74, 6) is -1.16. The molecule has 1 saturated carbocycles. The number of β-amino-alcohol motifs (C(OH)–C–C–N with tert-alkyl or cyclic N) is 1. The molecule has 1 aliphatic heterocycles. The Balaban J connectivity index is 1.34. The second-order valence-corrected chi connectivity index (χ2v) is 15.3. The maximum absolute atomic E-state index is 13.8. The van der Waals surface area contributed by atoms with Crippen LogP contribution in [0.3, 0.4) is 0 Å². The van der Waals surface area contributed by atoms with Crippen LogP contribution in [-0.4, -0.2) is 81.5 Å². The van der Waals surface area contributed by atoms with Crippen LogP contribution in [0.15, 0.2) is 53.9 Å². The van der Waals surface area contributed by atoms with Crippen molar-refractivity contribution in [3.63, 3.8) is 0 Å². The number of carbonyl (C=O) groups is 4. The summed E-state index contributed by atoms with van der Waals surface area (Å²) in [6, 6.07) is 12.0. The van der Waals surface area contributed by atoms with Crippen LogP contribution < -0.4 is 21.7 Å². The van der Waals surface area contributed by atoms with E-state index in [0.717, 1.165) is 35.9 Å². The number of nitrogens with zero attached hydrogens (tertiary/aromatic N) is 2. The molecule has 11 nitrogen and oxygen atoms in total. The molecule has 6 N–H and O–H groups in total. The molecule has 12 heteroatoms. The minimum absolute atomic E-state index is 0.0518. The Kier molecular flexibility index (Phi) is 11.5. The molecule has 48 heavy (non-hydrogen) atoms. The van der Waals surface area contributed by atoms with E-state index in [9.17, 15) is 24.3 Å². The number of hydrogen-bond acceptors (Lipinski definition) is 8. The van der Waals surface area contributed by atoms with E-state index in [1.54, 1.807) is 18.2 Å². The Morgan fingerprint density at radius 2 is 1.77 bits per heavy atom. The maximum Gasteiger partial charge on any atom is 0.270 e. The van der Waals surface area contributed by atoms with E-state index < -0.39 is 53.9 Å². The van der Waals surface area contributed by atoms with Crippen molar-refractivity contribution in [2.75, 3.05) is 13.1 Å². The van der Waals surface area contributed by atoms with Crippen molar-refractivity contribution in [3.8, 4) is 0 Å². The molecule has 1 saturated heterocycles. The third kappa shape index (κ3) is 9.39. The number of nitrogens with two attached hydrogens (primary N) is 1. The molecule has 5 rings (SSSR count). The number of aliphatic hydroxyl groups is 1. The maximum atomic E-state index is 13.8. The Morgan fingerprint density at radius 1 is 1.02 bits per heavy atom. The van der Waals surface area contributed by atoms with Crippen LogP contribution in [-0.2, 0) is 20.8 Å². The number of piperidine rings is 1. The van der Waals surface area contributed by atoms with Gasteiger partial charge in [-0.25, -0.2) is 4.98 Å². The van der Waals surface area contributed by atoms with E-state index in [1.807, 2.05) is 56.5 Å². The number of primary amides is 1. The lowest BCUT2D eigenvalue weighted by atomic mass is 9.72. The van der Waals surface area contributed by atoms with Crippen molar-refractivity contribution < 1.29 is 24.3 Å². The van der Waals surface area contributed by atoms with Crippen molar-refractivity contribution in [2.24, 2.45) is 17.6 Å². The van der Waals surface area contributed by atoms with E-state index in [2.05, 4.69) is 25.8 Å². The van der Waals surface area contributed by atoms with Gasteiger partial charge in [0.25, 0.3) is 5.91 Å². The summed E-state index contributed by atoms with van der Waals surface area (Å²) in [4.78, 5) is 60.1. The number of rotatable bonds is 12. The topological polar surface area (TPSA) is 167 Å². The number of nitrogens with one attached hydrogen (secondary N) is 3. The van der Waals surface area contributed by atoms with Crippen LogP contribution in [0.1, 0.15) is 74.7 Å². The van der Waals surface area contributed by atoms with Gasteiger partial charge in [0, 0.05) is 35.3 Å². The van der Waals surface area contributed by atoms with Crippen molar-refractivity contribution in [2.45, 2.75) is 95.5 Å². The molecule has 1 aliphatic carbocycles. The molecule has 3 heterocycles. The Morgan fingerprint density at radius 3 is 2.48 bits per heavy atom. The fraction of sp³-hybridized carbons (Fsp3) is 0.528. The summed E-state index contributed by atoms with van der Waals surface area (Å²) in [6.45, 7) is 6.75. The largest absolute Gasteiger partial charge is 0.390 e. The van der Waals surface area contributed by atoms with Gasteiger partial charge in [-0.3, -0.25) is 24.1 Å². The number of aliphatic hydroxyl groups excluding tert-OH is 1. The minimum atomic E-state index is -1.29. The van der Waals surface area contributed by atoms with E-state index in [4.69, 9.17) is 5.73 Å². The van der Waals surface area contributed by atoms with Gasteiger partial charge in [0.1, 0.15) is 11.7 Å².